The van der Waals surface area contributed by atoms with E-state index in [0.717, 1.165) is 45.1 Å². The zero-order chi connectivity index (χ0) is 45.5. The number of urea groups is 2. The fourth-order valence-corrected chi connectivity index (χ4v) is 6.93. The van der Waals surface area contributed by atoms with Crippen molar-refractivity contribution >= 4 is 23.4 Å². The quantitative estimate of drug-likeness (QED) is 0.0468. The van der Waals surface area contributed by atoms with E-state index in [4.69, 9.17) is 9.47 Å². The number of aliphatic hydroxyl groups excluding tert-OH is 2. The van der Waals surface area contributed by atoms with Crippen molar-refractivity contribution < 1.29 is 29.3 Å². The molecule has 0 saturated carbocycles. The van der Waals surface area contributed by atoms with E-state index in [2.05, 4.69) is 21.3 Å². The molecule has 0 bridgehead atoms. The van der Waals surface area contributed by atoms with Crippen molar-refractivity contribution in [2.24, 2.45) is 0 Å². The number of para-hydroxylation sites is 2. The fraction of sp³-hybridized carbons (Fsp3) is 0.269. The van der Waals surface area contributed by atoms with Crippen molar-refractivity contribution in [1.82, 2.24) is 26.2 Å². The summed E-state index contributed by atoms with van der Waals surface area (Å²) in [4.78, 5) is 28.9. The number of hydrogen-bond donors (Lipinski definition) is 6. The van der Waals surface area contributed by atoms with Gasteiger partial charge in [0.25, 0.3) is 0 Å². The second-order valence-corrected chi connectivity index (χ2v) is 15.5. The number of ether oxygens (including phenoxy) is 2. The number of methoxy groups -OCH3 is 2. The summed E-state index contributed by atoms with van der Waals surface area (Å²) >= 11 is 0. The van der Waals surface area contributed by atoms with Gasteiger partial charge in [-0.15, -0.1) is 0 Å². The Labute approximate surface area is 377 Å². The third kappa shape index (κ3) is 15.9. The maximum atomic E-state index is 13.7. The Morgan fingerprint density at radius 1 is 0.500 bits per heavy atom. The number of benzene rings is 6. The monoisotopic (exact) mass is 866 g/mol. The zero-order valence-electron chi connectivity index (χ0n) is 37.1. The van der Waals surface area contributed by atoms with Gasteiger partial charge in [0.2, 0.25) is 0 Å². The van der Waals surface area contributed by atoms with E-state index >= 15 is 0 Å². The molecule has 12 nitrogen and oxygen atoms in total. The summed E-state index contributed by atoms with van der Waals surface area (Å²) in [6.45, 7) is 1.85. The Bertz CT molecular complexity index is 2210. The van der Waals surface area contributed by atoms with Crippen LogP contribution >= 0.6 is 0 Å². The number of rotatable bonds is 20. The molecule has 6 N–H and O–H groups in total. The highest BCUT2D eigenvalue weighted by atomic mass is 16.5. The maximum Gasteiger partial charge on any atom is 0.326 e. The molecule has 336 valence electrons. The van der Waals surface area contributed by atoms with Crippen LogP contribution in [0.2, 0.25) is 0 Å². The molecule has 0 aliphatic heterocycles. The molecule has 6 rings (SSSR count). The highest BCUT2D eigenvalue weighted by Gasteiger charge is 2.26. The molecule has 0 radical (unpaired) electrons. The third-order valence-electron chi connectivity index (χ3n) is 10.4. The fourth-order valence-electron chi connectivity index (χ4n) is 6.93. The second kappa shape index (κ2) is 26.0. The maximum absolute atomic E-state index is 13.7. The van der Waals surface area contributed by atoms with Crippen LogP contribution in [0.15, 0.2) is 170 Å². The van der Waals surface area contributed by atoms with Crippen LogP contribution in [0.25, 0.3) is 0 Å². The van der Waals surface area contributed by atoms with Crippen LogP contribution in [0.5, 0.6) is 11.5 Å². The van der Waals surface area contributed by atoms with E-state index < -0.39 is 18.2 Å². The van der Waals surface area contributed by atoms with Gasteiger partial charge < -0.3 is 45.9 Å². The van der Waals surface area contributed by atoms with Crippen LogP contribution in [0.4, 0.5) is 21.0 Å². The molecule has 4 atom stereocenters. The van der Waals surface area contributed by atoms with Gasteiger partial charge in [0, 0.05) is 40.3 Å². The Morgan fingerprint density at radius 2 is 0.859 bits per heavy atom. The lowest BCUT2D eigenvalue weighted by atomic mass is 10.0. The average molecular weight is 867 g/mol. The minimum absolute atomic E-state index is 0.220. The second-order valence-electron chi connectivity index (χ2n) is 15.5. The van der Waals surface area contributed by atoms with Gasteiger partial charge in [-0.1, -0.05) is 121 Å². The molecule has 0 aromatic heterocycles. The first kappa shape index (κ1) is 48.3. The molecule has 0 fully saturated rings. The first-order chi connectivity index (χ1) is 31.1. The topological polar surface area (TPSA) is 148 Å². The summed E-state index contributed by atoms with van der Waals surface area (Å²) in [6.07, 6.45) is -0.489. The van der Waals surface area contributed by atoms with E-state index in [0.29, 0.717) is 39.0 Å². The van der Waals surface area contributed by atoms with E-state index in [1.54, 1.807) is 33.2 Å². The SMILES string of the molecule is COc1cccc(CNC[C@@H](O)[C@H](Cc2ccccc2)NC(=O)N(C)C)c1.COc1cccc(CNC[C@@H](O)[C@H](Cc2ccccc2)NC(=O)N(c2ccccc2)c2ccccc2)c1. The largest absolute Gasteiger partial charge is 0.497 e. The zero-order valence-corrected chi connectivity index (χ0v) is 37.1. The molecule has 12 heteroatoms. The summed E-state index contributed by atoms with van der Waals surface area (Å²) in [7, 11) is 6.64. The lowest BCUT2D eigenvalue weighted by Crippen LogP contribution is -2.51. The van der Waals surface area contributed by atoms with E-state index in [9.17, 15) is 19.8 Å². The van der Waals surface area contributed by atoms with Crippen molar-refractivity contribution in [2.75, 3.05) is 46.3 Å². The smallest absolute Gasteiger partial charge is 0.326 e. The first-order valence-corrected chi connectivity index (χ1v) is 21.4. The normalized spacial score (nSPS) is 12.6. The summed E-state index contributed by atoms with van der Waals surface area (Å²) in [5, 5.41) is 34.4. The number of anilines is 2. The molecular formula is C52H62N6O6. The number of carbonyl (C=O) groups excluding carboxylic acids is 2. The van der Waals surface area contributed by atoms with Gasteiger partial charge >= 0.3 is 12.1 Å². The van der Waals surface area contributed by atoms with Gasteiger partial charge in [0.15, 0.2) is 0 Å². The van der Waals surface area contributed by atoms with Gasteiger partial charge in [0.1, 0.15) is 11.5 Å². The van der Waals surface area contributed by atoms with Crippen molar-refractivity contribution in [3.05, 3.63) is 192 Å². The lowest BCUT2D eigenvalue weighted by Gasteiger charge is -2.29. The Balaban J connectivity index is 0.000000254. The average Bonchev–Trinajstić information content (AvgIpc) is 3.32. The molecule has 6 aromatic carbocycles. The van der Waals surface area contributed by atoms with Crippen LogP contribution in [-0.4, -0.2) is 92.9 Å². The van der Waals surface area contributed by atoms with E-state index in [-0.39, 0.29) is 18.1 Å². The van der Waals surface area contributed by atoms with Gasteiger partial charge in [-0.3, -0.25) is 4.90 Å². The summed E-state index contributed by atoms with van der Waals surface area (Å²) < 4.78 is 10.5. The molecular weight excluding hydrogens is 805 g/mol. The minimum Gasteiger partial charge on any atom is -0.497 e. The molecule has 6 aromatic rings. The van der Waals surface area contributed by atoms with Crippen molar-refractivity contribution in [3.63, 3.8) is 0 Å². The number of amides is 4. The van der Waals surface area contributed by atoms with Crippen molar-refractivity contribution in [2.45, 2.75) is 50.2 Å². The van der Waals surface area contributed by atoms with Crippen molar-refractivity contribution in [3.8, 4) is 11.5 Å². The predicted octanol–water partition coefficient (Wildman–Crippen LogP) is 7.33. The summed E-state index contributed by atoms with van der Waals surface area (Å²) in [5.41, 5.74) is 5.71. The van der Waals surface area contributed by atoms with E-state index in [1.165, 1.54) is 4.90 Å². The number of carbonyl (C=O) groups is 2. The van der Waals surface area contributed by atoms with Crippen LogP contribution in [0, 0.1) is 0 Å². The van der Waals surface area contributed by atoms with Crippen LogP contribution in [-0.2, 0) is 25.9 Å². The molecule has 0 unspecified atom stereocenters. The summed E-state index contributed by atoms with van der Waals surface area (Å²) in [6, 6.07) is 52.9. The highest BCUT2D eigenvalue weighted by molar-refractivity contribution is 5.99. The van der Waals surface area contributed by atoms with Gasteiger partial charge in [-0.2, -0.15) is 0 Å². The van der Waals surface area contributed by atoms with Crippen LogP contribution in [0.1, 0.15) is 22.3 Å². The number of hydrogen-bond acceptors (Lipinski definition) is 8. The highest BCUT2D eigenvalue weighted by Crippen LogP contribution is 2.25. The molecule has 64 heavy (non-hydrogen) atoms. The Hall–Kier alpha value is -6.70. The van der Waals surface area contributed by atoms with Crippen LogP contribution < -0.4 is 35.6 Å². The molecule has 4 amide bonds. The molecule has 0 aliphatic rings. The first-order valence-electron chi connectivity index (χ1n) is 21.4. The lowest BCUT2D eigenvalue weighted by molar-refractivity contribution is 0.123. The standard InChI is InChI=1S/C31H33N3O3.C21H29N3O3/c1-37-28-19-11-14-25(20-28)22-32-23-30(35)29(21-24-12-5-2-6-13-24)33-31(36)34(26-15-7-3-8-16-26)27-17-9-4-10-18-27;1-24(2)21(26)23-19(13-16-8-5-4-6-9-16)20(25)15-22-14-17-10-7-11-18(12-17)27-3/h2-20,29-30,32,35H,21-23H2,1H3,(H,33,36);4-12,19-20,22,25H,13-15H2,1-3H3,(H,23,26)/t29-,30+;19-,20+/m00/s1. The number of aliphatic hydroxyl groups is 2. The Kier molecular flexibility index (Phi) is 19.7. The van der Waals surface area contributed by atoms with Crippen LogP contribution in [0.3, 0.4) is 0 Å². The van der Waals surface area contributed by atoms with Gasteiger partial charge in [0.05, 0.1) is 49.9 Å². The Morgan fingerprint density at radius 3 is 1.23 bits per heavy atom. The predicted molar refractivity (Wildman–Crippen MR) is 255 cm³/mol. The number of nitrogens with one attached hydrogen (secondary N) is 4. The molecule has 0 heterocycles. The third-order valence-corrected chi connectivity index (χ3v) is 10.4. The van der Waals surface area contributed by atoms with Crippen molar-refractivity contribution in [1.29, 1.82) is 0 Å². The number of nitrogens with zero attached hydrogens (tertiary/aromatic N) is 2. The minimum atomic E-state index is -0.817. The van der Waals surface area contributed by atoms with Gasteiger partial charge in [-0.05, 0) is 83.6 Å². The molecule has 0 saturated heterocycles. The van der Waals surface area contributed by atoms with E-state index in [1.807, 2.05) is 170 Å². The summed E-state index contributed by atoms with van der Waals surface area (Å²) in [5.74, 6) is 1.59. The molecule has 0 aliphatic carbocycles. The molecule has 0 spiro atoms. The van der Waals surface area contributed by atoms with Gasteiger partial charge in [-0.25, -0.2) is 9.59 Å².